The minimum Gasteiger partial charge on any atom is -0.494 e. The monoisotopic (exact) mass is 366 g/mol. The first kappa shape index (κ1) is 16.7. The van der Waals surface area contributed by atoms with Crippen molar-refractivity contribution >= 4 is 27.6 Å². The zero-order valence-electron chi connectivity index (χ0n) is 12.3. The normalized spacial score (nSPS) is 12.0. The predicted octanol–water partition coefficient (Wildman–Crippen LogP) is 6.39. The van der Waals surface area contributed by atoms with E-state index in [2.05, 4.69) is 22.9 Å². The summed E-state index contributed by atoms with van der Waals surface area (Å²) < 4.78 is 34.7. The number of hydrogen-bond acceptors (Lipinski definition) is 1. The lowest BCUT2D eigenvalue weighted by atomic mass is 10.1. The van der Waals surface area contributed by atoms with Crippen LogP contribution in [0.25, 0.3) is 11.7 Å². The number of benzene rings is 2. The molecule has 0 fully saturated rings. The summed E-state index contributed by atoms with van der Waals surface area (Å²) >= 11 is 3.26. The molecule has 0 aliphatic rings. The lowest BCUT2D eigenvalue weighted by Crippen LogP contribution is -1.96. The van der Waals surface area contributed by atoms with E-state index in [0.29, 0.717) is 12.4 Å². The predicted molar refractivity (Wildman–Crippen MR) is 90.0 cm³/mol. The second-order valence-corrected chi connectivity index (χ2v) is 5.78. The fourth-order valence-corrected chi connectivity index (χ4v) is 2.15. The maximum absolute atomic E-state index is 14.2. The van der Waals surface area contributed by atoms with Crippen molar-refractivity contribution in [3.8, 4) is 5.75 Å². The van der Waals surface area contributed by atoms with Crippen molar-refractivity contribution < 1.29 is 13.5 Å². The molecular formula is C18H17BrF2O. The Morgan fingerprint density at radius 2 is 1.41 bits per heavy atom. The van der Waals surface area contributed by atoms with Gasteiger partial charge in [0.15, 0.2) is 11.7 Å². The molecule has 0 spiro atoms. The molecule has 0 aromatic heterocycles. The van der Waals surface area contributed by atoms with Crippen molar-refractivity contribution in [1.29, 1.82) is 0 Å². The summed E-state index contributed by atoms with van der Waals surface area (Å²) in [5.74, 6) is -1.08. The van der Waals surface area contributed by atoms with Gasteiger partial charge in [-0.15, -0.1) is 0 Å². The average Bonchev–Trinajstić information content (AvgIpc) is 2.55. The topological polar surface area (TPSA) is 9.23 Å². The van der Waals surface area contributed by atoms with Gasteiger partial charge in [-0.2, -0.15) is 0 Å². The first-order valence-electron chi connectivity index (χ1n) is 7.16. The lowest BCUT2D eigenvalue weighted by Gasteiger charge is -2.06. The summed E-state index contributed by atoms with van der Waals surface area (Å²) in [4.78, 5) is 0. The summed E-state index contributed by atoms with van der Waals surface area (Å²) in [5, 5.41) is 0. The largest absolute Gasteiger partial charge is 0.494 e. The van der Waals surface area contributed by atoms with Gasteiger partial charge in [0, 0.05) is 15.6 Å². The van der Waals surface area contributed by atoms with Gasteiger partial charge in [0.25, 0.3) is 0 Å². The summed E-state index contributed by atoms with van der Waals surface area (Å²) in [5.41, 5.74) is 0.409. The highest BCUT2D eigenvalue weighted by Gasteiger charge is 2.11. The Morgan fingerprint density at radius 3 is 1.91 bits per heavy atom. The zero-order valence-corrected chi connectivity index (χ0v) is 13.9. The minimum absolute atomic E-state index is 0.197. The average molecular weight is 367 g/mol. The number of rotatable bonds is 6. The maximum Gasteiger partial charge on any atom is 0.166 e. The Kier molecular flexibility index (Phi) is 6.13. The first-order chi connectivity index (χ1) is 10.6. The van der Waals surface area contributed by atoms with Gasteiger partial charge in [-0.05, 0) is 42.8 Å². The van der Waals surface area contributed by atoms with Gasteiger partial charge in [0.1, 0.15) is 5.75 Å². The van der Waals surface area contributed by atoms with Gasteiger partial charge in [-0.3, -0.25) is 0 Å². The van der Waals surface area contributed by atoms with Gasteiger partial charge >= 0.3 is 0 Å². The molecule has 0 atom stereocenters. The van der Waals surface area contributed by atoms with Crippen molar-refractivity contribution in [2.45, 2.75) is 19.8 Å². The van der Waals surface area contributed by atoms with E-state index in [9.17, 15) is 8.78 Å². The van der Waals surface area contributed by atoms with Crippen molar-refractivity contribution in [3.05, 3.63) is 64.1 Å². The van der Waals surface area contributed by atoms with Crippen LogP contribution >= 0.6 is 15.9 Å². The van der Waals surface area contributed by atoms with Crippen LogP contribution in [0.5, 0.6) is 5.75 Å². The SMILES string of the molecule is CCCCOc1ccc(/C(F)=C(/F)c2ccc(Br)cc2)cc1. The van der Waals surface area contributed by atoms with Crippen LogP contribution in [-0.4, -0.2) is 6.61 Å². The molecule has 2 aromatic rings. The van der Waals surface area contributed by atoms with E-state index in [0.717, 1.165) is 17.3 Å². The molecule has 116 valence electrons. The van der Waals surface area contributed by atoms with Crippen molar-refractivity contribution in [2.75, 3.05) is 6.61 Å². The summed E-state index contributed by atoms with van der Waals surface area (Å²) in [6.07, 6.45) is 2.02. The molecule has 0 aliphatic carbocycles. The summed E-state index contributed by atoms with van der Waals surface area (Å²) in [7, 11) is 0. The second kappa shape index (κ2) is 8.08. The van der Waals surface area contributed by atoms with E-state index in [-0.39, 0.29) is 11.1 Å². The number of halogens is 3. The highest BCUT2D eigenvalue weighted by atomic mass is 79.9. The molecule has 2 aromatic carbocycles. The molecule has 4 heteroatoms. The van der Waals surface area contributed by atoms with Crippen LogP contribution in [0.2, 0.25) is 0 Å². The van der Waals surface area contributed by atoms with Gasteiger partial charge in [0.05, 0.1) is 6.61 Å². The first-order valence-corrected chi connectivity index (χ1v) is 7.95. The molecule has 0 radical (unpaired) electrons. The molecule has 0 bridgehead atoms. The van der Waals surface area contributed by atoms with E-state index >= 15 is 0 Å². The van der Waals surface area contributed by atoms with Gasteiger partial charge in [0.2, 0.25) is 0 Å². The van der Waals surface area contributed by atoms with E-state index in [1.54, 1.807) is 24.3 Å². The van der Waals surface area contributed by atoms with E-state index < -0.39 is 11.7 Å². The minimum atomic E-state index is -0.873. The Morgan fingerprint density at radius 1 is 0.909 bits per heavy atom. The maximum atomic E-state index is 14.2. The Labute approximate surface area is 137 Å². The van der Waals surface area contributed by atoms with Crippen LogP contribution in [0.4, 0.5) is 8.78 Å². The third-order valence-electron chi connectivity index (χ3n) is 3.16. The molecule has 0 N–H and O–H groups in total. The molecule has 22 heavy (non-hydrogen) atoms. The van der Waals surface area contributed by atoms with E-state index in [1.165, 1.54) is 24.3 Å². The standard InChI is InChI=1S/C18H17BrF2O/c1-2-3-12-22-16-10-6-14(7-11-16)18(21)17(20)13-4-8-15(19)9-5-13/h4-11H,2-3,12H2,1H3/b18-17-. The number of hydrogen-bond donors (Lipinski definition) is 0. The van der Waals surface area contributed by atoms with Crippen LogP contribution in [0.3, 0.4) is 0 Å². The fourth-order valence-electron chi connectivity index (χ4n) is 1.88. The van der Waals surface area contributed by atoms with Gasteiger partial charge < -0.3 is 4.74 Å². The van der Waals surface area contributed by atoms with E-state index in [1.807, 2.05) is 0 Å². The molecule has 1 nitrogen and oxygen atoms in total. The summed E-state index contributed by atoms with van der Waals surface area (Å²) in [6, 6.07) is 12.8. The Balaban J connectivity index is 2.15. The lowest BCUT2D eigenvalue weighted by molar-refractivity contribution is 0.309. The molecule has 0 heterocycles. The highest BCUT2D eigenvalue weighted by molar-refractivity contribution is 9.10. The van der Waals surface area contributed by atoms with Crippen LogP contribution in [0, 0.1) is 0 Å². The smallest absolute Gasteiger partial charge is 0.166 e. The quantitative estimate of drug-likeness (QED) is 0.424. The van der Waals surface area contributed by atoms with Crippen molar-refractivity contribution in [2.24, 2.45) is 0 Å². The number of ether oxygens (including phenoxy) is 1. The number of unbranched alkanes of at least 4 members (excludes halogenated alkanes) is 1. The Bertz CT molecular complexity index is 633. The molecule has 0 saturated carbocycles. The molecule has 0 amide bonds. The highest BCUT2D eigenvalue weighted by Crippen LogP contribution is 2.30. The molecule has 0 unspecified atom stereocenters. The van der Waals surface area contributed by atoms with E-state index in [4.69, 9.17) is 4.74 Å². The van der Waals surface area contributed by atoms with Gasteiger partial charge in [-0.25, -0.2) is 8.78 Å². The van der Waals surface area contributed by atoms with Crippen LogP contribution < -0.4 is 4.74 Å². The Hall–Kier alpha value is -1.68. The second-order valence-electron chi connectivity index (χ2n) is 4.86. The fraction of sp³-hybridized carbons (Fsp3) is 0.222. The van der Waals surface area contributed by atoms with Crippen molar-refractivity contribution in [1.82, 2.24) is 0 Å². The van der Waals surface area contributed by atoms with Crippen LogP contribution in [-0.2, 0) is 0 Å². The molecule has 2 rings (SSSR count). The molecule has 0 aliphatic heterocycles. The van der Waals surface area contributed by atoms with Crippen LogP contribution in [0.1, 0.15) is 30.9 Å². The molecule has 0 saturated heterocycles. The van der Waals surface area contributed by atoms with Crippen molar-refractivity contribution in [3.63, 3.8) is 0 Å². The third-order valence-corrected chi connectivity index (χ3v) is 3.69. The van der Waals surface area contributed by atoms with Gasteiger partial charge in [-0.1, -0.05) is 41.4 Å². The zero-order chi connectivity index (χ0) is 15.9. The summed E-state index contributed by atoms with van der Waals surface area (Å²) in [6.45, 7) is 2.71. The van der Waals surface area contributed by atoms with Crippen LogP contribution in [0.15, 0.2) is 53.0 Å². The molecular weight excluding hydrogens is 350 g/mol. The third kappa shape index (κ3) is 4.41.